The Morgan fingerprint density at radius 3 is 2.67 bits per heavy atom. The van der Waals surface area contributed by atoms with Crippen molar-refractivity contribution in [3.63, 3.8) is 0 Å². The Kier molecular flexibility index (Phi) is 9.10. The van der Waals surface area contributed by atoms with E-state index in [0.717, 1.165) is 10.8 Å². The number of nitrogen functional groups attached to an aromatic ring is 1. The molecule has 1 fully saturated rings. The zero-order chi connectivity index (χ0) is 26.7. The quantitative estimate of drug-likeness (QED) is 0.222. The van der Waals surface area contributed by atoms with E-state index in [4.69, 9.17) is 47.7 Å². The van der Waals surface area contributed by atoms with Gasteiger partial charge >= 0.3 is 18.3 Å². The van der Waals surface area contributed by atoms with Gasteiger partial charge in [0.05, 0.1) is 12.7 Å². The summed E-state index contributed by atoms with van der Waals surface area (Å²) < 4.78 is 38.4. The molecule has 36 heavy (non-hydrogen) atoms. The predicted molar refractivity (Wildman–Crippen MR) is 134 cm³/mol. The molecule has 2 unspecified atom stereocenters. The third-order valence-corrected chi connectivity index (χ3v) is 7.83. The van der Waals surface area contributed by atoms with E-state index >= 15 is 4.39 Å². The second-order valence-electron chi connectivity index (χ2n) is 8.22. The SMILES string of the molecule is CC(C)OC(=O)C(C)NP(=S)(OC[C@H]1O[C@@H](n2ccc(N)nc2=O)[C@@](F)(Cl)[C@@H]1O)Oc1ccccc1. The van der Waals surface area contributed by atoms with Crippen LogP contribution in [0.1, 0.15) is 27.0 Å². The topological polar surface area (TPSA) is 147 Å². The van der Waals surface area contributed by atoms with Crippen LogP contribution >= 0.6 is 18.2 Å². The number of anilines is 1. The van der Waals surface area contributed by atoms with Gasteiger partial charge in [-0.2, -0.15) is 4.98 Å². The number of carbonyl (C=O) groups excluding carboxylic acids is 1. The van der Waals surface area contributed by atoms with Crippen LogP contribution in [0.25, 0.3) is 0 Å². The second-order valence-corrected chi connectivity index (χ2v) is 11.9. The molecule has 1 aliphatic heterocycles. The smallest absolute Gasteiger partial charge is 0.351 e. The first-order chi connectivity index (χ1) is 16.8. The van der Waals surface area contributed by atoms with E-state index in [1.54, 1.807) is 44.2 Å². The lowest BCUT2D eigenvalue weighted by Crippen LogP contribution is -2.41. The molecule has 1 aliphatic rings. The van der Waals surface area contributed by atoms with Gasteiger partial charge in [0.25, 0.3) is 5.13 Å². The van der Waals surface area contributed by atoms with Crippen molar-refractivity contribution in [2.24, 2.45) is 0 Å². The van der Waals surface area contributed by atoms with E-state index in [0.29, 0.717) is 5.75 Å². The van der Waals surface area contributed by atoms with E-state index in [2.05, 4.69) is 10.1 Å². The molecule has 6 atom stereocenters. The van der Waals surface area contributed by atoms with Gasteiger partial charge in [-0.25, -0.2) is 14.3 Å². The standard InChI is InChI=1S/C21H27ClFN4O7PS/c1-12(2)32-18(29)13(3)26-35(36,34-14-7-5-4-6-8-14)31-11-15-17(28)21(22,23)19(33-15)27-10-9-16(24)25-20(27)30/h4-10,12-13,15,17,19,28H,11H2,1-3H3,(H,26,36)(H2,24,25,30)/t13?,15-,17-,19-,21-,35?/m1/s1. The highest BCUT2D eigenvalue weighted by Crippen LogP contribution is 2.48. The number of rotatable bonds is 10. The van der Waals surface area contributed by atoms with Crippen molar-refractivity contribution >= 4 is 41.8 Å². The lowest BCUT2D eigenvalue weighted by Gasteiger charge is -2.28. The van der Waals surface area contributed by atoms with Crippen molar-refractivity contribution in [3.8, 4) is 5.75 Å². The maximum Gasteiger partial charge on any atom is 0.351 e. The summed E-state index contributed by atoms with van der Waals surface area (Å²) in [5, 5.41) is 10.4. The van der Waals surface area contributed by atoms with Gasteiger partial charge in [0.1, 0.15) is 29.8 Å². The number of esters is 1. The molecular formula is C21H27ClFN4O7PS. The van der Waals surface area contributed by atoms with Gasteiger partial charge in [-0.1, -0.05) is 29.8 Å². The van der Waals surface area contributed by atoms with Crippen LogP contribution in [-0.2, 0) is 30.6 Å². The summed E-state index contributed by atoms with van der Waals surface area (Å²) in [6, 6.07) is 8.79. The minimum atomic E-state index is -3.49. The zero-order valence-corrected chi connectivity index (χ0v) is 22.1. The number of halogens is 2. The van der Waals surface area contributed by atoms with Crippen LogP contribution in [0.15, 0.2) is 47.4 Å². The molecule has 2 heterocycles. The van der Waals surface area contributed by atoms with Gasteiger partial charge < -0.3 is 29.4 Å². The lowest BCUT2D eigenvalue weighted by atomic mass is 10.1. The summed E-state index contributed by atoms with van der Waals surface area (Å²) in [4.78, 5) is 28.0. The number of benzene rings is 1. The number of aromatic nitrogens is 2. The van der Waals surface area contributed by atoms with Gasteiger partial charge in [0, 0.05) is 6.20 Å². The van der Waals surface area contributed by atoms with Crippen LogP contribution < -0.4 is 21.0 Å². The number of aliphatic hydroxyl groups is 1. The summed E-state index contributed by atoms with van der Waals surface area (Å²) >= 11 is 11.5. The zero-order valence-electron chi connectivity index (χ0n) is 19.6. The highest BCUT2D eigenvalue weighted by atomic mass is 35.5. The summed E-state index contributed by atoms with van der Waals surface area (Å²) in [6.45, 7) is 0.933. The highest BCUT2D eigenvalue weighted by molar-refractivity contribution is 8.09. The third kappa shape index (κ3) is 6.80. The summed E-state index contributed by atoms with van der Waals surface area (Å²) in [5.74, 6) is -0.320. The number of nitrogens with two attached hydrogens (primary N) is 1. The second kappa shape index (κ2) is 11.5. The number of nitrogens with one attached hydrogen (secondary N) is 1. The van der Waals surface area contributed by atoms with Crippen LogP contribution in [0, 0.1) is 0 Å². The molecule has 0 aliphatic carbocycles. The van der Waals surface area contributed by atoms with E-state index in [9.17, 15) is 14.7 Å². The molecule has 15 heteroatoms. The number of alkyl halides is 2. The van der Waals surface area contributed by atoms with E-state index < -0.39 is 54.5 Å². The Hall–Kier alpha value is -2.12. The fourth-order valence-corrected chi connectivity index (χ4v) is 5.93. The average Bonchev–Trinajstić information content (AvgIpc) is 3.01. The van der Waals surface area contributed by atoms with Crippen molar-refractivity contribution < 1.29 is 32.8 Å². The lowest BCUT2D eigenvalue weighted by molar-refractivity contribution is -0.149. The Balaban J connectivity index is 1.79. The van der Waals surface area contributed by atoms with Crippen molar-refractivity contribution in [1.29, 1.82) is 0 Å². The molecule has 198 valence electrons. The molecule has 1 aromatic carbocycles. The van der Waals surface area contributed by atoms with Crippen molar-refractivity contribution in [3.05, 3.63) is 53.1 Å². The van der Waals surface area contributed by atoms with E-state index in [1.807, 2.05) is 0 Å². The summed E-state index contributed by atoms with van der Waals surface area (Å²) in [5.41, 5.74) is 4.55. The first-order valence-electron chi connectivity index (χ1n) is 10.9. The number of para-hydroxylation sites is 1. The molecule has 4 N–H and O–H groups in total. The molecule has 3 rings (SSSR count). The number of carbonyl (C=O) groups is 1. The normalized spacial score (nSPS) is 26.4. The summed E-state index contributed by atoms with van der Waals surface area (Å²) in [6.07, 6.45) is -4.22. The van der Waals surface area contributed by atoms with Crippen LogP contribution in [-0.4, -0.2) is 56.7 Å². The largest absolute Gasteiger partial charge is 0.462 e. The Morgan fingerprint density at radius 1 is 1.39 bits per heavy atom. The minimum absolute atomic E-state index is 0.0800. The third-order valence-electron chi connectivity index (χ3n) is 4.92. The number of nitrogens with zero attached hydrogens (tertiary/aromatic N) is 2. The fourth-order valence-electron chi connectivity index (χ4n) is 3.22. The monoisotopic (exact) mass is 564 g/mol. The van der Waals surface area contributed by atoms with Crippen LogP contribution in [0.5, 0.6) is 5.75 Å². The van der Waals surface area contributed by atoms with Gasteiger partial charge in [-0.05, 0) is 50.8 Å². The number of ether oxygens (including phenoxy) is 2. The number of hydrogen-bond donors (Lipinski definition) is 3. The first-order valence-corrected chi connectivity index (χ1v) is 13.9. The molecule has 0 amide bonds. The van der Waals surface area contributed by atoms with Gasteiger partial charge in [0.2, 0.25) is 0 Å². The molecule has 1 aromatic heterocycles. The van der Waals surface area contributed by atoms with Crippen LogP contribution in [0.2, 0.25) is 0 Å². The van der Waals surface area contributed by atoms with Crippen molar-refractivity contribution in [2.45, 2.75) is 56.5 Å². The van der Waals surface area contributed by atoms with Crippen molar-refractivity contribution in [1.82, 2.24) is 14.6 Å². The number of hydrogen-bond acceptors (Lipinski definition) is 10. The molecule has 0 saturated carbocycles. The van der Waals surface area contributed by atoms with Crippen LogP contribution in [0.4, 0.5) is 10.2 Å². The maximum atomic E-state index is 15.3. The minimum Gasteiger partial charge on any atom is -0.462 e. The molecule has 1 saturated heterocycles. The van der Waals surface area contributed by atoms with E-state index in [-0.39, 0.29) is 11.9 Å². The maximum absolute atomic E-state index is 15.3. The fraction of sp³-hybridized carbons (Fsp3) is 0.476. The molecule has 0 spiro atoms. The molecule has 0 radical (unpaired) electrons. The van der Waals surface area contributed by atoms with Crippen LogP contribution in [0.3, 0.4) is 0 Å². The summed E-state index contributed by atoms with van der Waals surface area (Å²) in [7, 11) is 0. The van der Waals surface area contributed by atoms with Crippen molar-refractivity contribution in [2.75, 3.05) is 12.3 Å². The number of aliphatic hydroxyl groups excluding tert-OH is 1. The first kappa shape index (κ1) is 28.5. The highest BCUT2D eigenvalue weighted by Gasteiger charge is 2.58. The van der Waals surface area contributed by atoms with Gasteiger partial charge in [-0.3, -0.25) is 9.36 Å². The predicted octanol–water partition coefficient (Wildman–Crippen LogP) is 2.24. The Morgan fingerprint density at radius 2 is 2.06 bits per heavy atom. The average molecular weight is 565 g/mol. The molecule has 0 bridgehead atoms. The molecule has 2 aromatic rings. The Bertz CT molecular complexity index is 1170. The van der Waals surface area contributed by atoms with E-state index in [1.165, 1.54) is 13.0 Å². The van der Waals surface area contributed by atoms with Gasteiger partial charge in [-0.15, -0.1) is 0 Å². The molecule has 11 nitrogen and oxygen atoms in total. The van der Waals surface area contributed by atoms with Gasteiger partial charge in [0.15, 0.2) is 6.23 Å². The molecular weight excluding hydrogens is 538 g/mol. The Labute approximate surface area is 216 Å².